The molecule has 26 heavy (non-hydrogen) atoms. The Morgan fingerprint density at radius 2 is 2.00 bits per heavy atom. The zero-order chi connectivity index (χ0) is 19.3. The van der Waals surface area contributed by atoms with E-state index in [0.717, 1.165) is 24.8 Å². The first-order chi connectivity index (χ1) is 12.1. The maximum absolute atomic E-state index is 13.8. The van der Waals surface area contributed by atoms with Gasteiger partial charge in [-0.05, 0) is 36.6 Å². The van der Waals surface area contributed by atoms with Crippen molar-refractivity contribution in [3.8, 4) is 0 Å². The second kappa shape index (κ2) is 6.41. The Labute approximate surface area is 151 Å². The minimum atomic E-state index is -4.90. The van der Waals surface area contributed by atoms with Crippen LogP contribution in [0.25, 0.3) is 0 Å². The van der Waals surface area contributed by atoms with Crippen LogP contribution in [0.2, 0.25) is 0 Å². The van der Waals surface area contributed by atoms with Crippen molar-refractivity contribution < 1.29 is 30.9 Å². The van der Waals surface area contributed by atoms with Crippen LogP contribution in [0.4, 0.5) is 13.2 Å². The van der Waals surface area contributed by atoms with Gasteiger partial charge in [-0.25, -0.2) is 8.42 Å². The highest BCUT2D eigenvalue weighted by atomic mass is 32.2. The van der Waals surface area contributed by atoms with Gasteiger partial charge in [0, 0.05) is 16.7 Å². The molecule has 1 saturated carbocycles. The zero-order valence-electron chi connectivity index (χ0n) is 13.8. The number of nitrogens with zero attached hydrogens (tertiary/aromatic N) is 1. The molecule has 1 heterocycles. The van der Waals surface area contributed by atoms with Gasteiger partial charge >= 0.3 is 6.18 Å². The molecule has 10 heteroatoms. The van der Waals surface area contributed by atoms with Gasteiger partial charge in [0.15, 0.2) is 15.6 Å². The van der Waals surface area contributed by atoms with Crippen LogP contribution in [0.5, 0.6) is 0 Å². The van der Waals surface area contributed by atoms with Crippen molar-refractivity contribution in [2.45, 2.75) is 34.7 Å². The summed E-state index contributed by atoms with van der Waals surface area (Å²) in [5, 5.41) is 3.35. The molecule has 3 rings (SSSR count). The molecule has 0 atom stereocenters. The molecule has 0 bridgehead atoms. The van der Waals surface area contributed by atoms with Crippen LogP contribution >= 0.6 is 11.8 Å². The average Bonchev–Trinajstić information content (AvgIpc) is 3.24. The quantitative estimate of drug-likeness (QED) is 0.554. The Morgan fingerprint density at radius 3 is 2.42 bits per heavy atom. The molecule has 2 aromatic rings. The number of carbonyl (C=O) groups excluding carboxylic acids is 1. The Kier molecular flexibility index (Phi) is 4.68. The summed E-state index contributed by atoms with van der Waals surface area (Å²) in [5.41, 5.74) is -1.68. The van der Waals surface area contributed by atoms with E-state index in [1.54, 1.807) is 0 Å². The highest BCUT2D eigenvalue weighted by Crippen LogP contribution is 2.50. The third-order valence-electron chi connectivity index (χ3n) is 4.08. The predicted molar refractivity (Wildman–Crippen MR) is 88.2 cm³/mol. The van der Waals surface area contributed by atoms with Gasteiger partial charge in [0.1, 0.15) is 6.26 Å². The molecule has 1 aromatic carbocycles. The number of aromatic nitrogens is 1. The fourth-order valence-corrected chi connectivity index (χ4v) is 5.40. The number of carbonyl (C=O) groups is 1. The van der Waals surface area contributed by atoms with Crippen molar-refractivity contribution in [1.29, 1.82) is 0 Å². The van der Waals surface area contributed by atoms with Gasteiger partial charge < -0.3 is 4.52 Å². The number of halogens is 3. The molecule has 5 nitrogen and oxygen atoms in total. The number of hydrogen-bond acceptors (Lipinski definition) is 6. The summed E-state index contributed by atoms with van der Waals surface area (Å²) < 4.78 is 70.5. The number of alkyl halides is 3. The first-order valence-corrected chi connectivity index (χ1v) is 10.6. The lowest BCUT2D eigenvalue weighted by Gasteiger charge is -2.21. The summed E-state index contributed by atoms with van der Waals surface area (Å²) in [4.78, 5) is 11.9. The number of thioether (sulfide) groups is 1. The van der Waals surface area contributed by atoms with Crippen molar-refractivity contribution in [3.05, 3.63) is 40.8 Å². The highest BCUT2D eigenvalue weighted by molar-refractivity contribution is 7.99. The first kappa shape index (κ1) is 19.0. The van der Waals surface area contributed by atoms with Gasteiger partial charge in [-0.3, -0.25) is 4.79 Å². The van der Waals surface area contributed by atoms with Gasteiger partial charge in [-0.15, -0.1) is 11.8 Å². The summed E-state index contributed by atoms with van der Waals surface area (Å²) in [6, 6.07) is 1.08. The second-order valence-corrected chi connectivity index (χ2v) is 8.81. The fraction of sp³-hybridized carbons (Fsp3) is 0.375. The standard InChI is InChI=1S/C16H14F3NO4S2/c1-25-14-12(16(17,18)19)11(13(21)9-6-20-24-7-9)5-10(8-3-4-8)15(14)26(2,22)23/h5-8H,3-4H2,1-2H3. The van der Waals surface area contributed by atoms with Crippen molar-refractivity contribution in [2.24, 2.45) is 0 Å². The van der Waals surface area contributed by atoms with E-state index < -0.39 is 37.8 Å². The van der Waals surface area contributed by atoms with Crippen LogP contribution in [0.1, 0.15) is 45.8 Å². The largest absolute Gasteiger partial charge is 0.418 e. The fourth-order valence-electron chi connectivity index (χ4n) is 2.87. The maximum Gasteiger partial charge on any atom is 0.418 e. The van der Waals surface area contributed by atoms with Crippen LogP contribution in [0, 0.1) is 0 Å². The maximum atomic E-state index is 13.8. The number of hydrogen-bond donors (Lipinski definition) is 0. The molecule has 0 aliphatic heterocycles. The van der Waals surface area contributed by atoms with E-state index in [9.17, 15) is 26.4 Å². The molecule has 0 amide bonds. The number of benzene rings is 1. The molecule has 0 N–H and O–H groups in total. The lowest BCUT2D eigenvalue weighted by molar-refractivity contribution is -0.140. The zero-order valence-corrected chi connectivity index (χ0v) is 15.4. The minimum Gasteiger partial charge on any atom is -0.364 e. The topological polar surface area (TPSA) is 77.2 Å². The normalized spacial score (nSPS) is 15.3. The Balaban J connectivity index is 2.41. The molecule has 0 spiro atoms. The van der Waals surface area contributed by atoms with Crippen LogP contribution in [-0.2, 0) is 16.0 Å². The van der Waals surface area contributed by atoms with Crippen LogP contribution < -0.4 is 0 Å². The Hall–Kier alpha value is -1.81. The SMILES string of the molecule is CSc1c(C(F)(F)F)c(C(=O)c2cnoc2)cc(C2CC2)c1S(C)(=O)=O. The van der Waals surface area contributed by atoms with E-state index in [1.165, 1.54) is 6.26 Å². The van der Waals surface area contributed by atoms with Crippen molar-refractivity contribution in [1.82, 2.24) is 5.16 Å². The summed E-state index contributed by atoms with van der Waals surface area (Å²) >= 11 is 0.674. The van der Waals surface area contributed by atoms with E-state index in [0.29, 0.717) is 24.6 Å². The molecule has 0 radical (unpaired) electrons. The highest BCUT2D eigenvalue weighted by Gasteiger charge is 2.43. The van der Waals surface area contributed by atoms with Crippen LogP contribution in [0.3, 0.4) is 0 Å². The third kappa shape index (κ3) is 3.39. The van der Waals surface area contributed by atoms with E-state index in [1.807, 2.05) is 0 Å². The summed E-state index contributed by atoms with van der Waals surface area (Å²) in [6.45, 7) is 0. The molecule has 1 aliphatic carbocycles. The van der Waals surface area contributed by atoms with Gasteiger partial charge in [0.25, 0.3) is 0 Å². The molecule has 1 fully saturated rings. The monoisotopic (exact) mass is 405 g/mol. The van der Waals surface area contributed by atoms with Gasteiger partial charge in [0.2, 0.25) is 0 Å². The molecule has 1 aliphatic rings. The summed E-state index contributed by atoms with van der Waals surface area (Å²) in [7, 11) is -3.92. The number of ketones is 1. The van der Waals surface area contributed by atoms with Gasteiger partial charge in [-0.1, -0.05) is 5.16 Å². The summed E-state index contributed by atoms with van der Waals surface area (Å²) in [6.07, 6.45) is 0.678. The molecule has 0 saturated heterocycles. The van der Waals surface area contributed by atoms with Gasteiger partial charge in [0.05, 0.1) is 22.2 Å². The molecule has 140 valence electrons. The van der Waals surface area contributed by atoms with E-state index >= 15 is 0 Å². The van der Waals surface area contributed by atoms with E-state index in [-0.39, 0.29) is 21.9 Å². The van der Waals surface area contributed by atoms with Crippen molar-refractivity contribution >= 4 is 27.4 Å². The second-order valence-electron chi connectivity index (χ2n) is 6.04. The van der Waals surface area contributed by atoms with Crippen molar-refractivity contribution in [3.63, 3.8) is 0 Å². The lowest BCUT2D eigenvalue weighted by Crippen LogP contribution is -2.19. The first-order valence-electron chi connectivity index (χ1n) is 7.52. The average molecular weight is 405 g/mol. The molecule has 1 aromatic heterocycles. The Bertz CT molecular complexity index is 962. The molecular formula is C16H14F3NO4S2. The van der Waals surface area contributed by atoms with Gasteiger partial charge in [-0.2, -0.15) is 13.2 Å². The Morgan fingerprint density at radius 1 is 1.35 bits per heavy atom. The number of rotatable bonds is 5. The third-order valence-corrected chi connectivity index (χ3v) is 6.21. The lowest BCUT2D eigenvalue weighted by atomic mass is 9.95. The molecule has 0 unspecified atom stereocenters. The smallest absolute Gasteiger partial charge is 0.364 e. The van der Waals surface area contributed by atoms with E-state index in [4.69, 9.17) is 0 Å². The van der Waals surface area contributed by atoms with Crippen LogP contribution in [0.15, 0.2) is 32.8 Å². The number of sulfone groups is 1. The predicted octanol–water partition coefficient (Wildman–Crippen LogP) is 3.93. The minimum absolute atomic E-state index is 0.128. The van der Waals surface area contributed by atoms with E-state index in [2.05, 4.69) is 9.68 Å². The summed E-state index contributed by atoms with van der Waals surface area (Å²) in [5.74, 6) is -1.07. The van der Waals surface area contributed by atoms with Crippen LogP contribution in [-0.4, -0.2) is 31.9 Å². The van der Waals surface area contributed by atoms with Crippen molar-refractivity contribution in [2.75, 3.05) is 12.5 Å². The molecular weight excluding hydrogens is 391 g/mol.